The highest BCUT2D eigenvalue weighted by molar-refractivity contribution is 6.35. The van der Waals surface area contributed by atoms with E-state index in [1.165, 1.54) is 0 Å². The third-order valence-electron chi connectivity index (χ3n) is 1.92. The first-order valence-electron chi connectivity index (χ1n) is 4.16. The molecule has 0 radical (unpaired) electrons. The molecule has 0 aliphatic carbocycles. The number of halogens is 2. The highest BCUT2D eigenvalue weighted by Crippen LogP contribution is 2.27. The van der Waals surface area contributed by atoms with Crippen molar-refractivity contribution in [1.82, 2.24) is 20.2 Å². The van der Waals surface area contributed by atoms with Crippen molar-refractivity contribution in [2.75, 3.05) is 0 Å². The lowest BCUT2D eigenvalue weighted by Gasteiger charge is -2.00. The SMILES string of the molecule is CC(C)c1n[nH]c2nc(Cl)nc(Cl)c12. The Morgan fingerprint density at radius 3 is 2.57 bits per heavy atom. The van der Waals surface area contributed by atoms with Crippen LogP contribution in [-0.2, 0) is 0 Å². The Labute approximate surface area is 90.7 Å². The van der Waals surface area contributed by atoms with Crippen molar-refractivity contribution in [3.05, 3.63) is 16.1 Å². The Morgan fingerprint density at radius 2 is 1.93 bits per heavy atom. The van der Waals surface area contributed by atoms with Crippen molar-refractivity contribution in [3.8, 4) is 0 Å². The molecule has 1 N–H and O–H groups in total. The number of fused-ring (bicyclic) bond motifs is 1. The normalized spacial score (nSPS) is 11.5. The molecule has 0 fully saturated rings. The van der Waals surface area contributed by atoms with Crippen LogP contribution in [0.3, 0.4) is 0 Å². The molecule has 0 aromatic carbocycles. The van der Waals surface area contributed by atoms with E-state index < -0.39 is 0 Å². The van der Waals surface area contributed by atoms with Gasteiger partial charge in [-0.25, -0.2) is 4.98 Å². The van der Waals surface area contributed by atoms with Gasteiger partial charge in [-0.15, -0.1) is 0 Å². The zero-order valence-corrected chi connectivity index (χ0v) is 9.19. The van der Waals surface area contributed by atoms with Crippen LogP contribution in [-0.4, -0.2) is 20.2 Å². The molecule has 0 bridgehead atoms. The summed E-state index contributed by atoms with van der Waals surface area (Å²) in [4.78, 5) is 7.87. The maximum atomic E-state index is 5.96. The van der Waals surface area contributed by atoms with Crippen molar-refractivity contribution in [2.24, 2.45) is 0 Å². The maximum absolute atomic E-state index is 5.96. The van der Waals surface area contributed by atoms with E-state index in [0.717, 1.165) is 11.1 Å². The molecule has 0 aliphatic heterocycles. The summed E-state index contributed by atoms with van der Waals surface area (Å²) in [5.74, 6) is 0.269. The molecular formula is C8H8Cl2N4. The number of aromatic amines is 1. The van der Waals surface area contributed by atoms with E-state index in [4.69, 9.17) is 23.2 Å². The van der Waals surface area contributed by atoms with Gasteiger partial charge in [-0.3, -0.25) is 5.10 Å². The molecule has 0 atom stereocenters. The summed E-state index contributed by atoms with van der Waals surface area (Å²) in [6, 6.07) is 0. The van der Waals surface area contributed by atoms with Gasteiger partial charge in [0.15, 0.2) is 5.65 Å². The monoisotopic (exact) mass is 230 g/mol. The van der Waals surface area contributed by atoms with Crippen LogP contribution in [0, 0.1) is 0 Å². The Morgan fingerprint density at radius 1 is 1.21 bits per heavy atom. The van der Waals surface area contributed by atoms with E-state index in [9.17, 15) is 0 Å². The quantitative estimate of drug-likeness (QED) is 0.606. The zero-order valence-electron chi connectivity index (χ0n) is 7.67. The lowest BCUT2D eigenvalue weighted by Crippen LogP contribution is -1.90. The van der Waals surface area contributed by atoms with Gasteiger partial charge >= 0.3 is 0 Å². The lowest BCUT2D eigenvalue weighted by atomic mass is 10.1. The molecule has 0 unspecified atom stereocenters. The maximum Gasteiger partial charge on any atom is 0.225 e. The molecule has 0 saturated heterocycles. The first kappa shape index (κ1) is 9.68. The largest absolute Gasteiger partial charge is 0.260 e. The summed E-state index contributed by atoms with van der Waals surface area (Å²) in [6.07, 6.45) is 0. The Hall–Kier alpha value is -0.870. The number of aromatic nitrogens is 4. The molecule has 2 aromatic heterocycles. The van der Waals surface area contributed by atoms with E-state index in [1.54, 1.807) is 0 Å². The van der Waals surface area contributed by atoms with Crippen LogP contribution in [0.5, 0.6) is 0 Å². The van der Waals surface area contributed by atoms with Gasteiger partial charge in [-0.05, 0) is 17.5 Å². The van der Waals surface area contributed by atoms with E-state index in [-0.39, 0.29) is 11.2 Å². The molecule has 0 aliphatic rings. The number of H-pyrrole nitrogens is 1. The molecule has 2 heterocycles. The topological polar surface area (TPSA) is 54.5 Å². The van der Waals surface area contributed by atoms with E-state index in [1.807, 2.05) is 13.8 Å². The molecule has 74 valence electrons. The van der Waals surface area contributed by atoms with Gasteiger partial charge < -0.3 is 0 Å². The molecular weight excluding hydrogens is 223 g/mol. The fourth-order valence-electron chi connectivity index (χ4n) is 1.30. The van der Waals surface area contributed by atoms with Crippen LogP contribution in [0.25, 0.3) is 11.0 Å². The summed E-state index contributed by atoms with van der Waals surface area (Å²) < 4.78 is 0. The first-order chi connectivity index (χ1) is 6.59. The van der Waals surface area contributed by atoms with Gasteiger partial charge in [-0.2, -0.15) is 10.1 Å². The minimum absolute atomic E-state index is 0.126. The fourth-order valence-corrected chi connectivity index (χ4v) is 1.78. The third-order valence-corrected chi connectivity index (χ3v) is 2.37. The van der Waals surface area contributed by atoms with Crippen LogP contribution < -0.4 is 0 Å². The molecule has 4 nitrogen and oxygen atoms in total. The first-order valence-corrected chi connectivity index (χ1v) is 4.92. The number of hydrogen-bond donors (Lipinski definition) is 1. The minimum atomic E-state index is 0.126. The van der Waals surface area contributed by atoms with Crippen molar-refractivity contribution in [2.45, 2.75) is 19.8 Å². The van der Waals surface area contributed by atoms with Crippen molar-refractivity contribution in [3.63, 3.8) is 0 Å². The van der Waals surface area contributed by atoms with Gasteiger partial charge in [0.05, 0.1) is 11.1 Å². The van der Waals surface area contributed by atoms with Crippen LogP contribution in [0.15, 0.2) is 0 Å². The van der Waals surface area contributed by atoms with Crippen LogP contribution >= 0.6 is 23.2 Å². The van der Waals surface area contributed by atoms with Gasteiger partial charge in [0.25, 0.3) is 0 Å². The third kappa shape index (κ3) is 1.44. The summed E-state index contributed by atoms with van der Waals surface area (Å²) in [6.45, 7) is 4.06. The second-order valence-electron chi connectivity index (χ2n) is 3.27. The molecule has 2 aromatic rings. The fraction of sp³-hybridized carbons (Fsp3) is 0.375. The predicted molar refractivity (Wildman–Crippen MR) is 55.8 cm³/mol. The van der Waals surface area contributed by atoms with E-state index in [0.29, 0.717) is 10.8 Å². The Bertz CT molecular complexity index is 477. The van der Waals surface area contributed by atoms with Gasteiger partial charge in [0, 0.05) is 0 Å². The van der Waals surface area contributed by atoms with E-state index >= 15 is 0 Å². The standard InChI is InChI=1S/C8H8Cl2N4/c1-3(2)5-4-6(9)11-8(10)12-7(4)14-13-5/h3H,1-2H3,(H,11,12,13,14). The average molecular weight is 231 g/mol. The summed E-state index contributed by atoms with van der Waals surface area (Å²) in [7, 11) is 0. The molecule has 0 saturated carbocycles. The molecule has 2 rings (SSSR count). The summed E-state index contributed by atoms with van der Waals surface area (Å²) >= 11 is 11.6. The van der Waals surface area contributed by atoms with Crippen LogP contribution in [0.4, 0.5) is 0 Å². The highest BCUT2D eigenvalue weighted by Gasteiger charge is 2.15. The number of hydrogen-bond acceptors (Lipinski definition) is 3. The van der Waals surface area contributed by atoms with Gasteiger partial charge in [0.2, 0.25) is 5.28 Å². The number of rotatable bonds is 1. The van der Waals surface area contributed by atoms with Gasteiger partial charge in [-0.1, -0.05) is 25.4 Å². The van der Waals surface area contributed by atoms with Gasteiger partial charge in [0.1, 0.15) is 5.15 Å². The Balaban J connectivity index is 2.79. The molecule has 6 heteroatoms. The van der Waals surface area contributed by atoms with Crippen LogP contribution in [0.2, 0.25) is 10.4 Å². The predicted octanol–water partition coefficient (Wildman–Crippen LogP) is 2.78. The minimum Gasteiger partial charge on any atom is -0.260 e. The Kier molecular flexibility index (Phi) is 2.33. The van der Waals surface area contributed by atoms with Crippen molar-refractivity contribution >= 4 is 34.2 Å². The smallest absolute Gasteiger partial charge is 0.225 e. The summed E-state index contributed by atoms with van der Waals surface area (Å²) in [5.41, 5.74) is 1.44. The van der Waals surface area contributed by atoms with Crippen LogP contribution in [0.1, 0.15) is 25.5 Å². The second kappa shape index (κ2) is 3.37. The highest BCUT2D eigenvalue weighted by atomic mass is 35.5. The molecule has 14 heavy (non-hydrogen) atoms. The molecule has 0 amide bonds. The molecule has 0 spiro atoms. The lowest BCUT2D eigenvalue weighted by molar-refractivity contribution is 0.817. The number of nitrogens with one attached hydrogen (secondary N) is 1. The zero-order chi connectivity index (χ0) is 10.3. The summed E-state index contributed by atoms with van der Waals surface area (Å²) in [5, 5.41) is 8.13. The van der Waals surface area contributed by atoms with E-state index in [2.05, 4.69) is 20.2 Å². The number of nitrogens with zero attached hydrogens (tertiary/aromatic N) is 3. The average Bonchev–Trinajstić information content (AvgIpc) is 2.47. The second-order valence-corrected chi connectivity index (χ2v) is 3.97. The van der Waals surface area contributed by atoms with Crippen molar-refractivity contribution in [1.29, 1.82) is 0 Å². The van der Waals surface area contributed by atoms with Crippen molar-refractivity contribution < 1.29 is 0 Å².